The van der Waals surface area contributed by atoms with Gasteiger partial charge in [-0.05, 0) is 61.8 Å². The molecule has 0 aliphatic heterocycles. The summed E-state index contributed by atoms with van der Waals surface area (Å²) in [7, 11) is 0. The van der Waals surface area contributed by atoms with E-state index < -0.39 is 0 Å². The van der Waals surface area contributed by atoms with Gasteiger partial charge in [0.25, 0.3) is 0 Å². The summed E-state index contributed by atoms with van der Waals surface area (Å²) < 4.78 is 1.95. The molecule has 2 aliphatic rings. The van der Waals surface area contributed by atoms with Gasteiger partial charge in [-0.3, -0.25) is 9.36 Å². The van der Waals surface area contributed by atoms with E-state index >= 15 is 0 Å². The van der Waals surface area contributed by atoms with Crippen LogP contribution in [0.3, 0.4) is 0 Å². The number of hydrogen-bond donors (Lipinski definition) is 2. The summed E-state index contributed by atoms with van der Waals surface area (Å²) in [5.41, 5.74) is 9.03. The van der Waals surface area contributed by atoms with Crippen LogP contribution in [0, 0.1) is 17.8 Å². The minimum atomic E-state index is 0. The third kappa shape index (κ3) is 4.17. The summed E-state index contributed by atoms with van der Waals surface area (Å²) in [5.74, 6) is 1.94. The van der Waals surface area contributed by atoms with Crippen molar-refractivity contribution in [3.63, 3.8) is 0 Å². The first kappa shape index (κ1) is 22.5. The number of pyridine rings is 1. The monoisotopic (exact) mass is 447 g/mol. The maximum atomic E-state index is 12.8. The topological polar surface area (TPSA) is 85.8 Å². The van der Waals surface area contributed by atoms with Crippen LogP contribution in [0.5, 0.6) is 0 Å². The molecule has 0 spiro atoms. The molecule has 2 bridgehead atoms. The van der Waals surface area contributed by atoms with E-state index in [-0.39, 0.29) is 42.7 Å². The Morgan fingerprint density at radius 1 is 1.03 bits per heavy atom. The maximum absolute atomic E-state index is 12.8. The zero-order valence-corrected chi connectivity index (χ0v) is 18.2. The molecule has 160 valence electrons. The van der Waals surface area contributed by atoms with Gasteiger partial charge >= 0.3 is 0 Å². The first-order chi connectivity index (χ1) is 13.7. The van der Waals surface area contributed by atoms with E-state index in [1.165, 1.54) is 6.42 Å². The Morgan fingerprint density at radius 3 is 2.47 bits per heavy atom. The van der Waals surface area contributed by atoms with Gasteiger partial charge in [0.15, 0.2) is 0 Å². The van der Waals surface area contributed by atoms with Gasteiger partial charge in [0.1, 0.15) is 12.1 Å². The number of carbonyl (C=O) groups excluding carboxylic acids is 1. The third-order valence-corrected chi connectivity index (χ3v) is 6.50. The first-order valence-corrected chi connectivity index (χ1v) is 10.1. The van der Waals surface area contributed by atoms with Crippen LogP contribution in [0.25, 0.3) is 16.9 Å². The summed E-state index contributed by atoms with van der Waals surface area (Å²) in [4.78, 5) is 21.7. The van der Waals surface area contributed by atoms with Crippen LogP contribution in [0.1, 0.15) is 32.1 Å². The molecule has 2 aliphatic carbocycles. The Kier molecular flexibility index (Phi) is 7.01. The van der Waals surface area contributed by atoms with Crippen molar-refractivity contribution in [1.29, 1.82) is 0 Å². The van der Waals surface area contributed by atoms with Gasteiger partial charge < -0.3 is 11.1 Å². The zero-order chi connectivity index (χ0) is 19.1. The highest BCUT2D eigenvalue weighted by Crippen LogP contribution is 2.42. The highest BCUT2D eigenvalue weighted by molar-refractivity contribution is 5.92. The Morgan fingerprint density at radius 2 is 1.77 bits per heavy atom. The molecule has 0 saturated heterocycles. The van der Waals surface area contributed by atoms with Crippen molar-refractivity contribution >= 4 is 47.4 Å². The number of rotatable bonds is 3. The van der Waals surface area contributed by atoms with Crippen molar-refractivity contribution in [3.05, 3.63) is 48.9 Å². The number of nitrogens with one attached hydrogen (secondary N) is 1. The molecule has 2 atom stereocenters. The molecule has 8 heteroatoms. The van der Waals surface area contributed by atoms with Crippen LogP contribution >= 0.6 is 24.8 Å². The third-order valence-electron chi connectivity index (χ3n) is 6.50. The minimum Gasteiger partial charge on any atom is -0.327 e. The van der Waals surface area contributed by atoms with Crippen LogP contribution in [-0.4, -0.2) is 26.5 Å². The van der Waals surface area contributed by atoms with Crippen LogP contribution < -0.4 is 11.1 Å². The minimum absolute atomic E-state index is 0. The Labute approximate surface area is 188 Å². The molecule has 2 aromatic heterocycles. The van der Waals surface area contributed by atoms with Gasteiger partial charge in [0.05, 0.1) is 22.9 Å². The number of benzene rings is 1. The van der Waals surface area contributed by atoms with E-state index in [9.17, 15) is 4.79 Å². The van der Waals surface area contributed by atoms with Crippen molar-refractivity contribution in [3.8, 4) is 5.82 Å². The number of imidazole rings is 1. The van der Waals surface area contributed by atoms with Gasteiger partial charge in [0.2, 0.25) is 5.91 Å². The summed E-state index contributed by atoms with van der Waals surface area (Å²) in [5, 5.41) is 3.06. The van der Waals surface area contributed by atoms with E-state index in [1.807, 2.05) is 41.0 Å². The fourth-order valence-corrected chi connectivity index (χ4v) is 4.99. The quantitative estimate of drug-likeness (QED) is 0.624. The van der Waals surface area contributed by atoms with E-state index in [1.54, 1.807) is 12.5 Å². The largest absolute Gasteiger partial charge is 0.327 e. The molecule has 0 radical (unpaired) electrons. The van der Waals surface area contributed by atoms with Crippen molar-refractivity contribution in [2.24, 2.45) is 23.5 Å². The molecular formula is C22H27Cl2N5O. The lowest BCUT2D eigenvalue weighted by Crippen LogP contribution is -2.48. The number of para-hydroxylation sites is 2. The molecule has 6 nitrogen and oxygen atoms in total. The van der Waals surface area contributed by atoms with Crippen molar-refractivity contribution in [1.82, 2.24) is 14.5 Å². The molecule has 30 heavy (non-hydrogen) atoms. The fraction of sp³-hybridized carbons (Fsp3) is 0.409. The molecule has 3 N–H and O–H groups in total. The van der Waals surface area contributed by atoms with E-state index in [0.29, 0.717) is 11.8 Å². The predicted molar refractivity (Wildman–Crippen MR) is 124 cm³/mol. The molecule has 2 unspecified atom stereocenters. The van der Waals surface area contributed by atoms with E-state index in [2.05, 4.69) is 15.3 Å². The average molecular weight is 448 g/mol. The number of hydrogen-bond acceptors (Lipinski definition) is 4. The highest BCUT2D eigenvalue weighted by Gasteiger charge is 2.40. The highest BCUT2D eigenvalue weighted by atomic mass is 35.5. The lowest BCUT2D eigenvalue weighted by molar-refractivity contribution is -0.122. The molecule has 2 heterocycles. The molecule has 1 aromatic carbocycles. The van der Waals surface area contributed by atoms with Crippen LogP contribution in [0.15, 0.2) is 48.9 Å². The van der Waals surface area contributed by atoms with Crippen LogP contribution in [0.4, 0.5) is 5.69 Å². The number of fused-ring (bicyclic) bond motifs is 3. The molecular weight excluding hydrogens is 421 g/mol. The fourth-order valence-electron chi connectivity index (χ4n) is 4.99. The van der Waals surface area contributed by atoms with Gasteiger partial charge in [-0.2, -0.15) is 0 Å². The second-order valence-corrected chi connectivity index (χ2v) is 8.19. The van der Waals surface area contributed by atoms with Crippen molar-refractivity contribution < 1.29 is 4.79 Å². The van der Waals surface area contributed by atoms with Gasteiger partial charge in [-0.25, -0.2) is 9.97 Å². The Hall–Kier alpha value is -2.15. The zero-order valence-electron chi connectivity index (χ0n) is 16.6. The maximum Gasteiger partial charge on any atom is 0.227 e. The van der Waals surface area contributed by atoms with Crippen LogP contribution in [0.2, 0.25) is 0 Å². The van der Waals surface area contributed by atoms with Crippen LogP contribution in [-0.2, 0) is 4.79 Å². The molecule has 2 saturated carbocycles. The molecule has 2 fully saturated rings. The SMILES string of the molecule is Cl.Cl.NC1C2CCCC1CC(C(=O)Nc1ccc(-n3cnc4ccccc43)nc1)C2. The summed E-state index contributed by atoms with van der Waals surface area (Å²) in [6, 6.07) is 12.1. The number of anilines is 1. The predicted octanol–water partition coefficient (Wildman–Crippen LogP) is 4.36. The number of amides is 1. The molecule has 1 amide bonds. The normalized spacial score (nSPS) is 25.1. The number of nitrogens with zero attached hydrogens (tertiary/aromatic N) is 3. The molecule has 3 aromatic rings. The molecule has 5 rings (SSSR count). The number of carbonyl (C=O) groups is 1. The number of aromatic nitrogens is 3. The summed E-state index contributed by atoms with van der Waals surface area (Å²) in [6.45, 7) is 0. The summed E-state index contributed by atoms with van der Waals surface area (Å²) >= 11 is 0. The number of halogens is 2. The van der Waals surface area contributed by atoms with Crippen molar-refractivity contribution in [2.75, 3.05) is 5.32 Å². The number of nitrogens with two attached hydrogens (primary N) is 1. The lowest BCUT2D eigenvalue weighted by Gasteiger charge is -2.43. The standard InChI is InChI=1S/C22H25N5O.2ClH/c23-21-14-4-3-5-15(21)11-16(10-14)22(28)26-17-8-9-20(24-12-17)27-13-25-18-6-1-2-7-19(18)27;;/h1-2,6-9,12-16,21H,3-5,10-11,23H2,(H,26,28);2*1H. The van der Waals surface area contributed by atoms with Crippen molar-refractivity contribution in [2.45, 2.75) is 38.1 Å². The lowest BCUT2D eigenvalue weighted by atomic mass is 9.65. The summed E-state index contributed by atoms with van der Waals surface area (Å²) in [6.07, 6.45) is 8.90. The van der Waals surface area contributed by atoms with Gasteiger partial charge in [-0.15, -0.1) is 24.8 Å². The second kappa shape index (κ2) is 9.33. The van der Waals surface area contributed by atoms with E-state index in [0.717, 1.165) is 48.2 Å². The Balaban J connectivity index is 0.00000128. The van der Waals surface area contributed by atoms with E-state index in [4.69, 9.17) is 5.73 Å². The smallest absolute Gasteiger partial charge is 0.227 e. The average Bonchev–Trinajstić information content (AvgIpc) is 3.12. The van der Waals surface area contributed by atoms with Gasteiger partial charge in [0, 0.05) is 12.0 Å². The Bertz CT molecular complexity index is 992. The van der Waals surface area contributed by atoms with Gasteiger partial charge in [-0.1, -0.05) is 18.6 Å². The first-order valence-electron chi connectivity index (χ1n) is 10.1. The second-order valence-electron chi connectivity index (χ2n) is 8.19.